The normalized spacial score (nSPS) is 14.6. The molecule has 1 amide bonds. The van der Waals surface area contributed by atoms with Crippen LogP contribution in [0.4, 0.5) is 8.78 Å². The van der Waals surface area contributed by atoms with E-state index in [-0.39, 0.29) is 5.56 Å². The van der Waals surface area contributed by atoms with Crippen LogP contribution in [-0.4, -0.2) is 23.8 Å². The highest BCUT2D eigenvalue weighted by molar-refractivity contribution is 5.82. The maximum absolute atomic E-state index is 13.2. The topological polar surface area (TPSA) is 63.3 Å². The molecular formula is C10H11F2NO2. The lowest BCUT2D eigenvalue weighted by Gasteiger charge is -2.16. The molecule has 0 aliphatic rings. The van der Waals surface area contributed by atoms with E-state index in [0.717, 1.165) is 6.07 Å². The lowest BCUT2D eigenvalue weighted by molar-refractivity contribution is -0.121. The molecule has 0 heterocycles. The highest BCUT2D eigenvalue weighted by Crippen LogP contribution is 2.24. The predicted molar refractivity (Wildman–Crippen MR) is 50.3 cm³/mol. The van der Waals surface area contributed by atoms with E-state index in [0.29, 0.717) is 0 Å². The van der Waals surface area contributed by atoms with Gasteiger partial charge in [0.05, 0.1) is 12.5 Å². The molecule has 0 fully saturated rings. The first-order chi connectivity index (χ1) is 7.07. The summed E-state index contributed by atoms with van der Waals surface area (Å²) in [6.07, 6.45) is -1.89. The molecule has 1 unspecified atom stereocenters. The first-order valence-electron chi connectivity index (χ1n) is 4.36. The Hall–Kier alpha value is -1.49. The number of rotatable bonds is 4. The Balaban J connectivity index is 3.10. The number of hydrogen-bond donors (Lipinski definition) is 2. The molecular weight excluding hydrogens is 204 g/mol. The van der Waals surface area contributed by atoms with Gasteiger partial charge in [-0.05, 0) is 6.07 Å². The van der Waals surface area contributed by atoms with Gasteiger partial charge < -0.3 is 10.8 Å². The van der Waals surface area contributed by atoms with Crippen LogP contribution in [0.15, 0.2) is 24.3 Å². The van der Waals surface area contributed by atoms with E-state index < -0.39 is 30.4 Å². The zero-order valence-corrected chi connectivity index (χ0v) is 7.86. The molecule has 0 saturated heterocycles. The first kappa shape index (κ1) is 11.6. The molecule has 0 radical (unpaired) electrons. The van der Waals surface area contributed by atoms with Crippen molar-refractivity contribution in [3.05, 3.63) is 35.6 Å². The minimum atomic E-state index is -1.89. The lowest BCUT2D eigenvalue weighted by Crippen LogP contribution is -2.31. The maximum Gasteiger partial charge on any atom is 0.228 e. The molecule has 0 aliphatic heterocycles. The highest BCUT2D eigenvalue weighted by atomic mass is 19.1. The summed E-state index contributed by atoms with van der Waals surface area (Å²) in [5, 5.41) is 8.60. The number of alkyl halides is 1. The van der Waals surface area contributed by atoms with Crippen LogP contribution in [0.1, 0.15) is 11.5 Å². The summed E-state index contributed by atoms with van der Waals surface area (Å²) in [5.41, 5.74) is 4.82. The molecule has 1 aromatic carbocycles. The van der Waals surface area contributed by atoms with Crippen molar-refractivity contribution in [1.29, 1.82) is 0 Å². The van der Waals surface area contributed by atoms with Crippen LogP contribution < -0.4 is 5.73 Å². The average molecular weight is 215 g/mol. The summed E-state index contributed by atoms with van der Waals surface area (Å²) in [5.74, 6) is -3.16. The molecule has 0 aromatic heterocycles. The molecule has 15 heavy (non-hydrogen) atoms. The molecule has 0 saturated carbocycles. The van der Waals surface area contributed by atoms with E-state index in [1.807, 2.05) is 0 Å². The molecule has 1 aromatic rings. The van der Waals surface area contributed by atoms with Gasteiger partial charge in [-0.3, -0.25) is 4.79 Å². The fourth-order valence-electron chi connectivity index (χ4n) is 1.36. The monoisotopic (exact) mass is 215 g/mol. The summed E-state index contributed by atoms with van der Waals surface area (Å²) in [7, 11) is 0. The van der Waals surface area contributed by atoms with Crippen LogP contribution in [0.2, 0.25) is 0 Å². The van der Waals surface area contributed by atoms with Crippen molar-refractivity contribution in [3.63, 3.8) is 0 Å². The van der Waals surface area contributed by atoms with Crippen molar-refractivity contribution in [2.45, 2.75) is 12.1 Å². The van der Waals surface area contributed by atoms with Crippen molar-refractivity contribution >= 4 is 5.91 Å². The zero-order valence-electron chi connectivity index (χ0n) is 7.86. The summed E-state index contributed by atoms with van der Waals surface area (Å²) in [6.45, 7) is -0.873. The molecule has 3 nitrogen and oxygen atoms in total. The fourth-order valence-corrected chi connectivity index (χ4v) is 1.36. The number of amides is 1. The van der Waals surface area contributed by atoms with Crippen LogP contribution in [0.25, 0.3) is 0 Å². The number of nitrogens with two attached hydrogens (primary N) is 1. The largest absolute Gasteiger partial charge is 0.393 e. The van der Waals surface area contributed by atoms with E-state index in [4.69, 9.17) is 10.8 Å². The van der Waals surface area contributed by atoms with E-state index in [2.05, 4.69) is 0 Å². The number of carbonyl (C=O) groups is 1. The number of hydrogen-bond acceptors (Lipinski definition) is 2. The third-order valence-corrected chi connectivity index (χ3v) is 2.08. The van der Waals surface area contributed by atoms with Crippen molar-refractivity contribution in [1.82, 2.24) is 0 Å². The Labute approximate surface area is 85.5 Å². The first-order valence-corrected chi connectivity index (χ1v) is 4.36. The van der Waals surface area contributed by atoms with Gasteiger partial charge in [0.15, 0.2) is 0 Å². The van der Waals surface area contributed by atoms with E-state index in [1.165, 1.54) is 18.2 Å². The van der Waals surface area contributed by atoms with Gasteiger partial charge in [0.25, 0.3) is 0 Å². The van der Waals surface area contributed by atoms with Gasteiger partial charge in [-0.2, -0.15) is 0 Å². The van der Waals surface area contributed by atoms with Crippen molar-refractivity contribution in [2.24, 2.45) is 5.73 Å². The molecule has 0 spiro atoms. The van der Waals surface area contributed by atoms with Crippen LogP contribution in [0, 0.1) is 5.82 Å². The molecule has 5 heteroatoms. The van der Waals surface area contributed by atoms with E-state index >= 15 is 0 Å². The summed E-state index contributed by atoms with van der Waals surface area (Å²) >= 11 is 0. The third-order valence-electron chi connectivity index (χ3n) is 2.08. The number of halogens is 2. The molecule has 82 valence electrons. The Morgan fingerprint density at radius 2 is 2.07 bits per heavy atom. The molecule has 0 aliphatic carbocycles. The Morgan fingerprint density at radius 3 is 2.53 bits per heavy atom. The van der Waals surface area contributed by atoms with Crippen molar-refractivity contribution < 1.29 is 18.7 Å². The Bertz CT molecular complexity index is 357. The quantitative estimate of drug-likeness (QED) is 0.777. The summed E-state index contributed by atoms with van der Waals surface area (Å²) < 4.78 is 26.4. The number of aliphatic hydroxyl groups is 1. The smallest absolute Gasteiger partial charge is 0.228 e. The Kier molecular flexibility index (Phi) is 3.74. The molecule has 1 rings (SSSR count). The molecule has 2 atom stereocenters. The summed E-state index contributed by atoms with van der Waals surface area (Å²) in [4.78, 5) is 11.0. The highest BCUT2D eigenvalue weighted by Gasteiger charge is 2.29. The number of benzene rings is 1. The van der Waals surface area contributed by atoms with E-state index in [1.54, 1.807) is 0 Å². The predicted octanol–water partition coefficient (Wildman–Crippen LogP) is 0.725. The molecule has 3 N–H and O–H groups in total. The zero-order chi connectivity index (χ0) is 11.4. The second-order valence-electron chi connectivity index (χ2n) is 3.10. The summed E-state index contributed by atoms with van der Waals surface area (Å²) in [6, 6.07) is 5.27. The van der Waals surface area contributed by atoms with Gasteiger partial charge in [0.1, 0.15) is 12.0 Å². The second kappa shape index (κ2) is 4.84. The van der Waals surface area contributed by atoms with Crippen LogP contribution in [0.3, 0.4) is 0 Å². The van der Waals surface area contributed by atoms with Crippen molar-refractivity contribution in [2.75, 3.05) is 6.61 Å². The molecule has 0 bridgehead atoms. The van der Waals surface area contributed by atoms with Gasteiger partial charge >= 0.3 is 0 Å². The van der Waals surface area contributed by atoms with Crippen LogP contribution in [0.5, 0.6) is 0 Å². The fraction of sp³-hybridized carbons (Fsp3) is 0.300. The SMILES string of the molecule is NC(=O)C(c1ccccc1F)[C@H](F)CO. The van der Waals surface area contributed by atoms with Crippen LogP contribution in [-0.2, 0) is 4.79 Å². The maximum atomic E-state index is 13.2. The number of carbonyl (C=O) groups excluding carboxylic acids is 1. The van der Waals surface area contributed by atoms with Gasteiger partial charge in [-0.25, -0.2) is 8.78 Å². The number of primary amides is 1. The van der Waals surface area contributed by atoms with Gasteiger partial charge in [0, 0.05) is 5.56 Å². The standard InChI is InChI=1S/C10H11F2NO2/c11-7-4-2-1-3-6(7)9(10(13)15)8(12)5-14/h1-4,8-9,14H,5H2,(H2,13,15)/t8-,9?/m1/s1. The second-order valence-corrected chi connectivity index (χ2v) is 3.10. The van der Waals surface area contributed by atoms with Gasteiger partial charge in [-0.15, -0.1) is 0 Å². The van der Waals surface area contributed by atoms with Crippen LogP contribution >= 0.6 is 0 Å². The van der Waals surface area contributed by atoms with Gasteiger partial charge in [-0.1, -0.05) is 18.2 Å². The van der Waals surface area contributed by atoms with Crippen molar-refractivity contribution in [3.8, 4) is 0 Å². The minimum absolute atomic E-state index is 0.133. The van der Waals surface area contributed by atoms with E-state index in [9.17, 15) is 13.6 Å². The average Bonchev–Trinajstić information content (AvgIpc) is 2.20. The third kappa shape index (κ3) is 2.50. The van der Waals surface area contributed by atoms with Gasteiger partial charge in [0.2, 0.25) is 5.91 Å². The number of aliphatic hydroxyl groups excluding tert-OH is 1. The Morgan fingerprint density at radius 1 is 1.47 bits per heavy atom. The lowest BCUT2D eigenvalue weighted by atomic mass is 9.93. The minimum Gasteiger partial charge on any atom is -0.393 e.